The van der Waals surface area contributed by atoms with E-state index in [9.17, 15) is 4.79 Å². The number of fused-ring (bicyclic) bond motifs is 1. The Morgan fingerprint density at radius 3 is 2.94 bits per heavy atom. The van der Waals surface area contributed by atoms with Gasteiger partial charge in [-0.2, -0.15) is 0 Å². The van der Waals surface area contributed by atoms with Gasteiger partial charge >= 0.3 is 5.76 Å². The largest absolute Gasteiger partial charge is 0.419 e. The van der Waals surface area contributed by atoms with Crippen LogP contribution in [0.5, 0.6) is 0 Å². The van der Waals surface area contributed by atoms with Crippen LogP contribution in [0.2, 0.25) is 0 Å². The number of hydrogen-bond donors (Lipinski definition) is 1. The lowest BCUT2D eigenvalue weighted by atomic mass is 10.2. The molecule has 0 radical (unpaired) electrons. The number of aromatic nitrogens is 1. The lowest BCUT2D eigenvalue weighted by Crippen LogP contribution is -2.27. The van der Waals surface area contributed by atoms with Crippen LogP contribution in [0.3, 0.4) is 0 Å². The third-order valence-electron chi connectivity index (χ3n) is 2.74. The number of oxazole rings is 1. The average Bonchev–Trinajstić information content (AvgIpc) is 2.56. The van der Waals surface area contributed by atoms with Crippen LogP contribution >= 0.6 is 0 Å². The molecule has 0 amide bonds. The van der Waals surface area contributed by atoms with Gasteiger partial charge in [-0.15, -0.1) is 0 Å². The molecule has 17 heavy (non-hydrogen) atoms. The van der Waals surface area contributed by atoms with E-state index >= 15 is 0 Å². The molecule has 1 aromatic heterocycles. The first kappa shape index (κ1) is 11.9. The van der Waals surface area contributed by atoms with Gasteiger partial charge in [-0.25, -0.2) is 4.79 Å². The predicted octanol–water partition coefficient (Wildman–Crippen LogP) is 0.740. The van der Waals surface area contributed by atoms with Crippen LogP contribution in [0.4, 0.5) is 0 Å². The zero-order chi connectivity index (χ0) is 12.4. The van der Waals surface area contributed by atoms with Gasteiger partial charge < -0.3 is 9.73 Å². The fourth-order valence-corrected chi connectivity index (χ4v) is 1.91. The van der Waals surface area contributed by atoms with Crippen LogP contribution in [-0.2, 0) is 13.6 Å². The Kier molecular flexibility index (Phi) is 3.31. The maximum atomic E-state index is 11.4. The highest BCUT2D eigenvalue weighted by molar-refractivity contribution is 5.73. The van der Waals surface area contributed by atoms with E-state index < -0.39 is 0 Å². The highest BCUT2D eigenvalue weighted by Crippen LogP contribution is 2.15. The minimum atomic E-state index is -0.319. The number of benzene rings is 1. The van der Waals surface area contributed by atoms with Crippen molar-refractivity contribution in [3.8, 4) is 0 Å². The van der Waals surface area contributed by atoms with Crippen molar-refractivity contribution in [2.75, 3.05) is 20.8 Å². The van der Waals surface area contributed by atoms with Crippen molar-refractivity contribution in [2.45, 2.75) is 6.54 Å². The summed E-state index contributed by atoms with van der Waals surface area (Å²) in [5.41, 5.74) is 2.63. The Balaban J connectivity index is 2.31. The molecule has 0 spiro atoms. The highest BCUT2D eigenvalue weighted by atomic mass is 16.4. The molecule has 1 heterocycles. The monoisotopic (exact) mass is 235 g/mol. The molecule has 0 saturated heterocycles. The first-order chi connectivity index (χ1) is 8.11. The number of nitrogens with zero attached hydrogens (tertiary/aromatic N) is 2. The first-order valence-corrected chi connectivity index (χ1v) is 5.53. The van der Waals surface area contributed by atoms with Gasteiger partial charge in [0.1, 0.15) is 0 Å². The van der Waals surface area contributed by atoms with Crippen molar-refractivity contribution in [1.29, 1.82) is 0 Å². The maximum Gasteiger partial charge on any atom is 0.419 e. The van der Waals surface area contributed by atoms with Crippen molar-refractivity contribution in [3.05, 3.63) is 34.3 Å². The molecule has 5 nitrogen and oxygen atoms in total. The summed E-state index contributed by atoms with van der Waals surface area (Å²) in [5.74, 6) is -0.319. The van der Waals surface area contributed by atoms with Gasteiger partial charge in [0.2, 0.25) is 0 Å². The lowest BCUT2D eigenvalue weighted by molar-refractivity contribution is 0.310. The molecule has 0 unspecified atom stereocenters. The van der Waals surface area contributed by atoms with Gasteiger partial charge in [-0.3, -0.25) is 9.47 Å². The Hall–Kier alpha value is -1.59. The summed E-state index contributed by atoms with van der Waals surface area (Å²) in [7, 11) is 5.67. The summed E-state index contributed by atoms with van der Waals surface area (Å²) >= 11 is 0. The molecule has 2 aromatic rings. The van der Waals surface area contributed by atoms with E-state index in [2.05, 4.69) is 10.2 Å². The minimum absolute atomic E-state index is 0.319. The van der Waals surface area contributed by atoms with Crippen LogP contribution in [0.1, 0.15) is 5.56 Å². The summed E-state index contributed by atoms with van der Waals surface area (Å²) in [6.07, 6.45) is 0. The topological polar surface area (TPSA) is 50.4 Å². The van der Waals surface area contributed by atoms with Crippen LogP contribution in [0.25, 0.3) is 11.1 Å². The minimum Gasteiger partial charge on any atom is -0.408 e. The van der Waals surface area contributed by atoms with Crippen LogP contribution in [0.15, 0.2) is 27.4 Å². The van der Waals surface area contributed by atoms with Crippen LogP contribution < -0.4 is 11.1 Å². The van der Waals surface area contributed by atoms with Crippen LogP contribution in [0, 0.1) is 0 Å². The van der Waals surface area contributed by atoms with E-state index in [0.29, 0.717) is 5.58 Å². The summed E-state index contributed by atoms with van der Waals surface area (Å²) in [6.45, 7) is 1.65. The summed E-state index contributed by atoms with van der Waals surface area (Å²) in [6, 6.07) is 5.82. The van der Waals surface area contributed by atoms with E-state index in [1.54, 1.807) is 7.05 Å². The molecule has 1 aromatic carbocycles. The molecule has 0 aliphatic carbocycles. The SMILES string of the molecule is CNCN(C)Cc1ccc2oc(=O)n(C)c2c1. The molecule has 0 aliphatic heterocycles. The zero-order valence-corrected chi connectivity index (χ0v) is 10.4. The number of hydrogen-bond acceptors (Lipinski definition) is 4. The third-order valence-corrected chi connectivity index (χ3v) is 2.74. The molecule has 5 heteroatoms. The normalized spacial score (nSPS) is 11.5. The van der Waals surface area contributed by atoms with Crippen molar-refractivity contribution >= 4 is 11.1 Å². The van der Waals surface area contributed by atoms with Gasteiger partial charge in [-0.05, 0) is 31.8 Å². The van der Waals surface area contributed by atoms with Gasteiger partial charge in [0.25, 0.3) is 0 Å². The Morgan fingerprint density at radius 2 is 2.24 bits per heavy atom. The molecule has 92 valence electrons. The molecule has 0 fully saturated rings. The van der Waals surface area contributed by atoms with Crippen molar-refractivity contribution in [1.82, 2.24) is 14.8 Å². The predicted molar refractivity (Wildman–Crippen MR) is 66.8 cm³/mol. The molecular formula is C12H17N3O2. The van der Waals surface area contributed by atoms with E-state index in [4.69, 9.17) is 4.42 Å². The fraction of sp³-hybridized carbons (Fsp3) is 0.417. The Morgan fingerprint density at radius 1 is 1.47 bits per heavy atom. The zero-order valence-electron chi connectivity index (χ0n) is 10.4. The van der Waals surface area contributed by atoms with Gasteiger partial charge in [0, 0.05) is 20.3 Å². The third kappa shape index (κ3) is 2.40. The second-order valence-electron chi connectivity index (χ2n) is 4.25. The summed E-state index contributed by atoms with van der Waals surface area (Å²) in [5, 5.41) is 3.09. The standard InChI is InChI=1S/C12H17N3O2/c1-13-8-14(2)7-9-4-5-11-10(6-9)15(3)12(16)17-11/h4-6,13H,7-8H2,1-3H3. The van der Waals surface area contributed by atoms with E-state index in [0.717, 1.165) is 24.3 Å². The van der Waals surface area contributed by atoms with E-state index in [1.165, 1.54) is 4.57 Å². The second-order valence-corrected chi connectivity index (χ2v) is 4.25. The maximum absolute atomic E-state index is 11.4. The molecule has 0 bridgehead atoms. The van der Waals surface area contributed by atoms with Crippen molar-refractivity contribution < 1.29 is 4.42 Å². The van der Waals surface area contributed by atoms with Crippen LogP contribution in [-0.4, -0.2) is 30.2 Å². The van der Waals surface area contributed by atoms with Crippen molar-refractivity contribution in [3.63, 3.8) is 0 Å². The fourth-order valence-electron chi connectivity index (χ4n) is 1.91. The van der Waals surface area contributed by atoms with Gasteiger partial charge in [-0.1, -0.05) is 6.07 Å². The number of rotatable bonds is 4. The van der Waals surface area contributed by atoms with Gasteiger partial charge in [0.05, 0.1) is 5.52 Å². The molecule has 2 rings (SSSR count). The number of nitrogens with one attached hydrogen (secondary N) is 1. The first-order valence-electron chi connectivity index (χ1n) is 5.53. The summed E-state index contributed by atoms with van der Waals surface area (Å²) in [4.78, 5) is 13.5. The molecule has 0 saturated carbocycles. The van der Waals surface area contributed by atoms with E-state index in [1.807, 2.05) is 32.3 Å². The molecule has 1 N–H and O–H groups in total. The smallest absolute Gasteiger partial charge is 0.408 e. The highest BCUT2D eigenvalue weighted by Gasteiger charge is 2.07. The van der Waals surface area contributed by atoms with Crippen molar-refractivity contribution in [2.24, 2.45) is 7.05 Å². The molecular weight excluding hydrogens is 218 g/mol. The lowest BCUT2D eigenvalue weighted by Gasteiger charge is -2.15. The number of aryl methyl sites for hydroxylation is 1. The van der Waals surface area contributed by atoms with E-state index in [-0.39, 0.29) is 5.76 Å². The molecule has 0 aliphatic rings. The second kappa shape index (κ2) is 4.73. The Labute approximate surface area is 99.6 Å². The Bertz CT molecular complexity index is 571. The quantitative estimate of drug-likeness (QED) is 0.794. The van der Waals surface area contributed by atoms with Gasteiger partial charge in [0.15, 0.2) is 5.58 Å². The summed E-state index contributed by atoms with van der Waals surface area (Å²) < 4.78 is 6.61. The average molecular weight is 235 g/mol. The molecule has 0 atom stereocenters.